The molecule has 2 aliphatic heterocycles. The van der Waals surface area contributed by atoms with E-state index in [4.69, 9.17) is 16.3 Å². The summed E-state index contributed by atoms with van der Waals surface area (Å²) in [7, 11) is 0. The fraction of sp³-hybridized carbons (Fsp3) is 0.389. The van der Waals surface area contributed by atoms with Crippen LogP contribution >= 0.6 is 11.6 Å². The van der Waals surface area contributed by atoms with Crippen LogP contribution in [-0.4, -0.2) is 59.7 Å². The van der Waals surface area contributed by atoms with Crippen LogP contribution in [0.3, 0.4) is 0 Å². The van der Waals surface area contributed by atoms with Crippen LogP contribution < -0.4 is 14.5 Å². The Balaban J connectivity index is 1.49. The van der Waals surface area contributed by atoms with Gasteiger partial charge in [-0.15, -0.1) is 0 Å². The second kappa shape index (κ2) is 6.99. The maximum atomic E-state index is 13.2. The highest BCUT2D eigenvalue weighted by atomic mass is 35.5. The number of halogens is 1. The molecule has 136 valence electrons. The lowest BCUT2D eigenvalue weighted by atomic mass is 10.1. The first-order valence-electron chi connectivity index (χ1n) is 8.65. The van der Waals surface area contributed by atoms with E-state index in [9.17, 15) is 4.79 Å². The Morgan fingerprint density at radius 1 is 1.23 bits per heavy atom. The molecule has 2 aliphatic rings. The third-order valence-corrected chi connectivity index (χ3v) is 4.97. The number of fused-ring (bicyclic) bond motifs is 1. The monoisotopic (exact) mass is 373 g/mol. The zero-order valence-electron chi connectivity index (χ0n) is 14.5. The molecule has 1 aromatic heterocycles. The van der Waals surface area contributed by atoms with Gasteiger partial charge in [-0.05, 0) is 19.1 Å². The van der Waals surface area contributed by atoms with Gasteiger partial charge in [0.2, 0.25) is 0 Å². The Hall–Kier alpha value is -2.54. The fourth-order valence-electron chi connectivity index (χ4n) is 3.35. The van der Waals surface area contributed by atoms with Crippen LogP contribution in [-0.2, 0) is 0 Å². The summed E-state index contributed by atoms with van der Waals surface area (Å²) in [6.45, 7) is 5.20. The maximum absolute atomic E-state index is 13.2. The Morgan fingerprint density at radius 2 is 2.04 bits per heavy atom. The summed E-state index contributed by atoms with van der Waals surface area (Å²) < 4.78 is 5.74. The first kappa shape index (κ1) is 16.9. The summed E-state index contributed by atoms with van der Waals surface area (Å²) in [6.07, 6.45) is 5.10. The van der Waals surface area contributed by atoms with Crippen LogP contribution in [0.15, 0.2) is 36.8 Å². The molecule has 2 aromatic rings. The maximum Gasteiger partial charge on any atom is 0.325 e. The van der Waals surface area contributed by atoms with Gasteiger partial charge in [-0.3, -0.25) is 9.88 Å². The number of amides is 2. The summed E-state index contributed by atoms with van der Waals surface area (Å²) in [5.41, 5.74) is 0.773. The molecule has 0 N–H and O–H groups in total. The van der Waals surface area contributed by atoms with E-state index < -0.39 is 0 Å². The normalized spacial score (nSPS) is 19.8. The Kier molecular flexibility index (Phi) is 4.55. The van der Waals surface area contributed by atoms with Crippen molar-refractivity contribution in [2.24, 2.45) is 0 Å². The minimum Gasteiger partial charge on any atom is -0.489 e. The molecule has 2 amide bonds. The molecule has 4 rings (SSSR count). The van der Waals surface area contributed by atoms with Crippen molar-refractivity contribution in [2.45, 2.75) is 13.0 Å². The predicted molar refractivity (Wildman–Crippen MR) is 100 cm³/mol. The molecule has 0 saturated carbocycles. The number of benzene rings is 1. The van der Waals surface area contributed by atoms with Gasteiger partial charge < -0.3 is 14.5 Å². The van der Waals surface area contributed by atoms with Gasteiger partial charge in [0.25, 0.3) is 0 Å². The summed E-state index contributed by atoms with van der Waals surface area (Å²) in [4.78, 5) is 27.5. The first-order chi connectivity index (χ1) is 12.6. The average molecular weight is 374 g/mol. The molecule has 7 nitrogen and oxygen atoms in total. The topological polar surface area (TPSA) is 61.8 Å². The van der Waals surface area contributed by atoms with Crippen LogP contribution in [0.5, 0.6) is 5.75 Å². The molecule has 0 spiro atoms. The number of nitrogens with zero attached hydrogens (tertiary/aromatic N) is 5. The number of rotatable bonds is 1. The van der Waals surface area contributed by atoms with E-state index in [1.165, 1.54) is 0 Å². The summed E-state index contributed by atoms with van der Waals surface area (Å²) in [6, 6.07) is 5.36. The van der Waals surface area contributed by atoms with E-state index in [-0.39, 0.29) is 12.1 Å². The van der Waals surface area contributed by atoms with Crippen molar-refractivity contribution in [3.8, 4) is 5.75 Å². The zero-order chi connectivity index (χ0) is 18.1. The number of carbonyl (C=O) groups is 1. The number of aromatic nitrogens is 2. The van der Waals surface area contributed by atoms with Crippen molar-refractivity contribution in [2.75, 3.05) is 42.6 Å². The van der Waals surface area contributed by atoms with Crippen molar-refractivity contribution in [3.63, 3.8) is 0 Å². The van der Waals surface area contributed by atoms with Crippen molar-refractivity contribution in [1.29, 1.82) is 0 Å². The highest BCUT2D eigenvalue weighted by Crippen LogP contribution is 2.36. The van der Waals surface area contributed by atoms with Crippen molar-refractivity contribution in [1.82, 2.24) is 14.9 Å². The largest absolute Gasteiger partial charge is 0.489 e. The summed E-state index contributed by atoms with van der Waals surface area (Å²) >= 11 is 6.05. The lowest BCUT2D eigenvalue weighted by Crippen LogP contribution is -2.56. The van der Waals surface area contributed by atoms with Crippen molar-refractivity contribution in [3.05, 3.63) is 41.8 Å². The smallest absolute Gasteiger partial charge is 0.325 e. The van der Waals surface area contributed by atoms with Crippen molar-refractivity contribution >= 4 is 29.1 Å². The van der Waals surface area contributed by atoms with Gasteiger partial charge in [-0.2, -0.15) is 0 Å². The number of piperazine rings is 1. The third kappa shape index (κ3) is 3.14. The fourth-order valence-corrected chi connectivity index (χ4v) is 3.51. The van der Waals surface area contributed by atoms with Crippen LogP contribution in [0.25, 0.3) is 0 Å². The van der Waals surface area contributed by atoms with Gasteiger partial charge in [-0.25, -0.2) is 9.78 Å². The molecule has 0 bridgehead atoms. The quantitative estimate of drug-likeness (QED) is 0.769. The number of hydrogen-bond acceptors (Lipinski definition) is 5. The Bertz CT molecular complexity index is 795. The molecule has 8 heteroatoms. The van der Waals surface area contributed by atoms with Gasteiger partial charge in [-0.1, -0.05) is 11.6 Å². The molecule has 1 aromatic carbocycles. The van der Waals surface area contributed by atoms with Gasteiger partial charge in [0, 0.05) is 49.7 Å². The Morgan fingerprint density at radius 3 is 2.77 bits per heavy atom. The standard InChI is InChI=1S/C18H20ClN5O2/c1-13-12-26-16-10-14(19)2-3-15(16)24(13)18(25)23-8-6-22(7-9-23)17-11-20-4-5-21-17/h2-5,10-11,13H,6-9,12H2,1H3. The summed E-state index contributed by atoms with van der Waals surface area (Å²) in [5.74, 6) is 1.50. The average Bonchev–Trinajstić information content (AvgIpc) is 2.68. The van der Waals surface area contributed by atoms with E-state index in [0.29, 0.717) is 30.5 Å². The van der Waals surface area contributed by atoms with Crippen LogP contribution in [0, 0.1) is 0 Å². The predicted octanol–water partition coefficient (Wildman–Crippen LogP) is 2.66. The number of urea groups is 1. The summed E-state index contributed by atoms with van der Waals surface area (Å²) in [5, 5.41) is 0.600. The van der Waals surface area contributed by atoms with Gasteiger partial charge in [0.15, 0.2) is 0 Å². The van der Waals surface area contributed by atoms with E-state index in [1.807, 2.05) is 22.8 Å². The molecule has 1 unspecified atom stereocenters. The molecule has 26 heavy (non-hydrogen) atoms. The van der Waals surface area contributed by atoms with Crippen LogP contribution in [0.4, 0.5) is 16.3 Å². The van der Waals surface area contributed by atoms with E-state index in [1.54, 1.807) is 30.7 Å². The van der Waals surface area contributed by atoms with Gasteiger partial charge in [0.05, 0.1) is 17.9 Å². The molecular weight excluding hydrogens is 354 g/mol. The first-order valence-corrected chi connectivity index (χ1v) is 9.03. The van der Waals surface area contributed by atoms with Crippen LogP contribution in [0.1, 0.15) is 6.92 Å². The molecule has 0 aliphatic carbocycles. The number of anilines is 2. The highest BCUT2D eigenvalue weighted by molar-refractivity contribution is 6.30. The second-order valence-electron chi connectivity index (χ2n) is 6.46. The number of ether oxygens (including phenoxy) is 1. The van der Waals surface area contributed by atoms with Crippen molar-refractivity contribution < 1.29 is 9.53 Å². The lowest BCUT2D eigenvalue weighted by molar-refractivity contribution is 0.190. The lowest BCUT2D eigenvalue weighted by Gasteiger charge is -2.41. The molecule has 0 radical (unpaired) electrons. The Labute approximate surface area is 157 Å². The van der Waals surface area contributed by atoms with E-state index >= 15 is 0 Å². The second-order valence-corrected chi connectivity index (χ2v) is 6.90. The van der Waals surface area contributed by atoms with E-state index in [2.05, 4.69) is 14.9 Å². The van der Waals surface area contributed by atoms with Gasteiger partial charge >= 0.3 is 6.03 Å². The molecule has 3 heterocycles. The minimum atomic E-state index is -0.0332. The zero-order valence-corrected chi connectivity index (χ0v) is 15.3. The number of carbonyl (C=O) groups excluding carboxylic acids is 1. The van der Waals surface area contributed by atoms with E-state index in [0.717, 1.165) is 24.6 Å². The van der Waals surface area contributed by atoms with Crippen LogP contribution in [0.2, 0.25) is 5.02 Å². The molecular formula is C18H20ClN5O2. The highest BCUT2D eigenvalue weighted by Gasteiger charge is 2.34. The minimum absolute atomic E-state index is 0.00293. The SMILES string of the molecule is CC1COc2cc(Cl)ccc2N1C(=O)N1CCN(c2cnccn2)CC1. The third-order valence-electron chi connectivity index (χ3n) is 4.73. The molecule has 1 fully saturated rings. The number of hydrogen-bond donors (Lipinski definition) is 0. The molecule has 1 saturated heterocycles. The molecule has 1 atom stereocenters. The van der Waals surface area contributed by atoms with Gasteiger partial charge in [0.1, 0.15) is 18.2 Å².